The Bertz CT molecular complexity index is 461. The smallest absolute Gasteiger partial charge is 0.228 e. The fourth-order valence-electron chi connectivity index (χ4n) is 2.82. The largest absolute Gasteiger partial charge is 0.444 e. The Kier molecular flexibility index (Phi) is 4.48. The van der Waals surface area contributed by atoms with E-state index in [1.807, 2.05) is 13.8 Å². The van der Waals surface area contributed by atoms with Gasteiger partial charge in [-0.25, -0.2) is 4.98 Å². The Labute approximate surface area is 120 Å². The molecule has 1 atom stereocenters. The molecule has 1 aromatic rings. The molecule has 5 nitrogen and oxygen atoms in total. The predicted octanol–water partition coefficient (Wildman–Crippen LogP) is 2.32. The summed E-state index contributed by atoms with van der Waals surface area (Å²) < 4.78 is 5.46. The van der Waals surface area contributed by atoms with Gasteiger partial charge >= 0.3 is 0 Å². The average Bonchev–Trinajstić information content (AvgIpc) is 2.86. The van der Waals surface area contributed by atoms with E-state index in [0.29, 0.717) is 18.4 Å². The lowest BCUT2D eigenvalue weighted by Crippen LogP contribution is -2.48. The molecular weight excluding hydrogens is 254 g/mol. The van der Waals surface area contributed by atoms with Gasteiger partial charge in [0, 0.05) is 6.54 Å². The molecule has 0 aliphatic heterocycles. The summed E-state index contributed by atoms with van der Waals surface area (Å²) in [6.45, 7) is 6.37. The van der Waals surface area contributed by atoms with Crippen LogP contribution in [0.3, 0.4) is 0 Å². The van der Waals surface area contributed by atoms with Gasteiger partial charge in [0.15, 0.2) is 0 Å². The second kappa shape index (κ2) is 5.95. The van der Waals surface area contributed by atoms with Gasteiger partial charge in [-0.15, -0.1) is 0 Å². The minimum atomic E-state index is -0.414. The van der Waals surface area contributed by atoms with E-state index in [-0.39, 0.29) is 11.9 Å². The van der Waals surface area contributed by atoms with Gasteiger partial charge in [0.2, 0.25) is 11.8 Å². The van der Waals surface area contributed by atoms with Crippen LogP contribution in [0.1, 0.15) is 57.2 Å². The van der Waals surface area contributed by atoms with Crippen LogP contribution in [-0.4, -0.2) is 17.4 Å². The number of carbonyl (C=O) groups excluding carboxylic acids is 1. The van der Waals surface area contributed by atoms with Gasteiger partial charge < -0.3 is 15.5 Å². The molecule has 0 radical (unpaired) electrons. The first-order valence-electron chi connectivity index (χ1n) is 7.40. The van der Waals surface area contributed by atoms with Crippen molar-refractivity contribution in [1.82, 2.24) is 10.3 Å². The summed E-state index contributed by atoms with van der Waals surface area (Å²) in [7, 11) is 0. The zero-order chi connectivity index (χ0) is 14.8. The first-order chi connectivity index (χ1) is 9.47. The third kappa shape index (κ3) is 3.03. The zero-order valence-corrected chi connectivity index (χ0v) is 12.6. The number of nitrogens with two attached hydrogens (primary N) is 1. The normalized spacial score (nSPS) is 28.1. The number of carbonyl (C=O) groups is 1. The molecule has 0 aromatic carbocycles. The first-order valence-corrected chi connectivity index (χ1v) is 7.40. The Hall–Kier alpha value is -1.36. The molecule has 3 N–H and O–H groups in total. The number of nitrogens with zero attached hydrogens (tertiary/aromatic N) is 1. The maximum atomic E-state index is 12.6. The molecule has 0 bridgehead atoms. The summed E-state index contributed by atoms with van der Waals surface area (Å²) in [5.41, 5.74) is 5.49. The molecule has 1 aliphatic rings. The topological polar surface area (TPSA) is 81.2 Å². The van der Waals surface area contributed by atoms with E-state index in [9.17, 15) is 4.79 Å². The van der Waals surface area contributed by atoms with Gasteiger partial charge in [0.05, 0.1) is 11.6 Å². The number of aryl methyl sites for hydroxylation is 1. The molecule has 1 amide bonds. The summed E-state index contributed by atoms with van der Waals surface area (Å²) in [4.78, 5) is 16.7. The summed E-state index contributed by atoms with van der Waals surface area (Å²) in [6.07, 6.45) is 5.54. The highest BCUT2D eigenvalue weighted by Gasteiger charge is 2.40. The quantitative estimate of drug-likeness (QED) is 0.886. The van der Waals surface area contributed by atoms with Crippen LogP contribution in [0.25, 0.3) is 0 Å². The summed E-state index contributed by atoms with van der Waals surface area (Å²) >= 11 is 0. The van der Waals surface area contributed by atoms with E-state index in [0.717, 1.165) is 31.4 Å². The molecule has 1 unspecified atom stereocenters. The lowest BCUT2D eigenvalue weighted by molar-refractivity contribution is -0.133. The van der Waals surface area contributed by atoms with Gasteiger partial charge in [-0.2, -0.15) is 0 Å². The Balaban J connectivity index is 2.02. The molecule has 1 heterocycles. The predicted molar refractivity (Wildman–Crippen MR) is 76.9 cm³/mol. The van der Waals surface area contributed by atoms with Crippen LogP contribution in [0, 0.1) is 18.3 Å². The maximum absolute atomic E-state index is 12.6. The van der Waals surface area contributed by atoms with Crippen molar-refractivity contribution in [2.45, 2.75) is 52.5 Å². The summed E-state index contributed by atoms with van der Waals surface area (Å²) in [5.74, 6) is 2.03. The van der Waals surface area contributed by atoms with E-state index >= 15 is 0 Å². The number of nitrogens with one attached hydrogen (secondary N) is 1. The lowest BCUT2D eigenvalue weighted by atomic mass is 9.70. The molecule has 112 valence electrons. The lowest BCUT2D eigenvalue weighted by Gasteiger charge is -2.37. The van der Waals surface area contributed by atoms with Crippen LogP contribution < -0.4 is 11.1 Å². The molecule has 1 aliphatic carbocycles. The van der Waals surface area contributed by atoms with Crippen molar-refractivity contribution in [1.29, 1.82) is 0 Å². The second-order valence-electron chi connectivity index (χ2n) is 6.17. The summed E-state index contributed by atoms with van der Waals surface area (Å²) in [6, 6.07) is -0.223. The van der Waals surface area contributed by atoms with Crippen LogP contribution in [0.15, 0.2) is 10.6 Å². The molecule has 1 aromatic heterocycles. The van der Waals surface area contributed by atoms with Gasteiger partial charge in [0.1, 0.15) is 11.8 Å². The zero-order valence-electron chi connectivity index (χ0n) is 12.6. The molecule has 5 heteroatoms. The van der Waals surface area contributed by atoms with Crippen molar-refractivity contribution >= 4 is 5.91 Å². The number of oxazole rings is 1. The molecule has 2 rings (SSSR count). The molecule has 0 saturated heterocycles. The molecule has 20 heavy (non-hydrogen) atoms. The highest BCUT2D eigenvalue weighted by atomic mass is 16.4. The van der Waals surface area contributed by atoms with Gasteiger partial charge in [0.25, 0.3) is 0 Å². The molecule has 1 fully saturated rings. The minimum Gasteiger partial charge on any atom is -0.444 e. The van der Waals surface area contributed by atoms with Crippen molar-refractivity contribution in [3.05, 3.63) is 17.8 Å². The average molecular weight is 279 g/mol. The molecule has 1 saturated carbocycles. The van der Waals surface area contributed by atoms with E-state index in [1.165, 1.54) is 0 Å². The number of amides is 1. The fraction of sp³-hybridized carbons (Fsp3) is 0.733. The third-order valence-corrected chi connectivity index (χ3v) is 4.46. The number of aromatic nitrogens is 1. The van der Waals surface area contributed by atoms with Crippen LogP contribution in [0.2, 0.25) is 0 Å². The SMILES string of the molecule is Cc1cnc(C(C)NC(=O)C2(CN)CCC(C)CC2)o1. The van der Waals surface area contributed by atoms with Crippen molar-refractivity contribution in [2.75, 3.05) is 6.54 Å². The monoisotopic (exact) mass is 279 g/mol. The number of hydrogen-bond donors (Lipinski definition) is 2. The van der Waals surface area contributed by atoms with Gasteiger partial charge in [-0.1, -0.05) is 6.92 Å². The Morgan fingerprint density at radius 1 is 1.60 bits per heavy atom. The van der Waals surface area contributed by atoms with Crippen LogP contribution >= 0.6 is 0 Å². The summed E-state index contributed by atoms with van der Waals surface area (Å²) in [5, 5.41) is 3.01. The van der Waals surface area contributed by atoms with Crippen LogP contribution in [0.4, 0.5) is 0 Å². The van der Waals surface area contributed by atoms with E-state index in [1.54, 1.807) is 6.20 Å². The molecular formula is C15H25N3O2. The highest BCUT2D eigenvalue weighted by Crippen LogP contribution is 2.38. The maximum Gasteiger partial charge on any atom is 0.228 e. The van der Waals surface area contributed by atoms with Gasteiger partial charge in [-0.05, 0) is 45.4 Å². The number of hydrogen-bond acceptors (Lipinski definition) is 4. The Morgan fingerprint density at radius 2 is 2.25 bits per heavy atom. The number of rotatable bonds is 4. The van der Waals surface area contributed by atoms with Crippen LogP contribution in [0.5, 0.6) is 0 Å². The van der Waals surface area contributed by atoms with Crippen molar-refractivity contribution in [3.63, 3.8) is 0 Å². The van der Waals surface area contributed by atoms with Gasteiger partial charge in [-0.3, -0.25) is 4.79 Å². The first kappa shape index (κ1) is 15.0. The van der Waals surface area contributed by atoms with E-state index in [4.69, 9.17) is 10.2 Å². The van der Waals surface area contributed by atoms with E-state index < -0.39 is 5.41 Å². The highest BCUT2D eigenvalue weighted by molar-refractivity contribution is 5.83. The minimum absolute atomic E-state index is 0.0373. The standard InChI is InChI=1S/C15H25N3O2/c1-10-4-6-15(9-16,7-5-10)14(19)18-12(3)13-17-8-11(2)20-13/h8,10,12H,4-7,9,16H2,1-3H3,(H,18,19). The van der Waals surface area contributed by atoms with Crippen LogP contribution in [-0.2, 0) is 4.79 Å². The second-order valence-corrected chi connectivity index (χ2v) is 6.17. The fourth-order valence-corrected chi connectivity index (χ4v) is 2.82. The van der Waals surface area contributed by atoms with Crippen molar-refractivity contribution in [2.24, 2.45) is 17.1 Å². The Morgan fingerprint density at radius 3 is 2.75 bits per heavy atom. The van der Waals surface area contributed by atoms with Crippen molar-refractivity contribution < 1.29 is 9.21 Å². The third-order valence-electron chi connectivity index (χ3n) is 4.46. The van der Waals surface area contributed by atoms with E-state index in [2.05, 4.69) is 17.2 Å². The van der Waals surface area contributed by atoms with Crippen molar-refractivity contribution in [3.8, 4) is 0 Å². The molecule has 0 spiro atoms.